The van der Waals surface area contributed by atoms with E-state index in [1.807, 2.05) is 6.07 Å². The van der Waals surface area contributed by atoms with E-state index < -0.39 is 0 Å². The molecule has 0 spiro atoms. The number of hydrogen-bond acceptors (Lipinski definition) is 3. The molecule has 0 radical (unpaired) electrons. The standard InChI is InChI=1S/C12H14FNO2/c1-16-12(15)11-6-9(7-14-11)8-3-2-4-10(13)5-8/h2-5,9,11,14H,6-7H2,1H3. The van der Waals surface area contributed by atoms with Gasteiger partial charge in [-0.3, -0.25) is 4.79 Å². The van der Waals surface area contributed by atoms with Crippen molar-refractivity contribution < 1.29 is 13.9 Å². The van der Waals surface area contributed by atoms with Gasteiger partial charge in [0.15, 0.2) is 0 Å². The summed E-state index contributed by atoms with van der Waals surface area (Å²) in [7, 11) is 1.37. The minimum atomic E-state index is -0.265. The summed E-state index contributed by atoms with van der Waals surface area (Å²) in [4.78, 5) is 11.3. The first-order valence-electron chi connectivity index (χ1n) is 5.27. The van der Waals surface area contributed by atoms with Crippen LogP contribution in [0.1, 0.15) is 17.9 Å². The molecule has 2 rings (SSSR count). The highest BCUT2D eigenvalue weighted by Crippen LogP contribution is 2.26. The van der Waals surface area contributed by atoms with Crippen molar-refractivity contribution in [1.29, 1.82) is 0 Å². The van der Waals surface area contributed by atoms with Crippen LogP contribution >= 0.6 is 0 Å². The Morgan fingerprint density at radius 3 is 3.06 bits per heavy atom. The Labute approximate surface area is 93.6 Å². The van der Waals surface area contributed by atoms with E-state index in [4.69, 9.17) is 0 Å². The van der Waals surface area contributed by atoms with Crippen molar-refractivity contribution in [3.63, 3.8) is 0 Å². The van der Waals surface area contributed by atoms with Crippen molar-refractivity contribution >= 4 is 5.97 Å². The third-order valence-electron chi connectivity index (χ3n) is 2.94. The molecule has 3 nitrogen and oxygen atoms in total. The van der Waals surface area contributed by atoms with E-state index in [0.717, 1.165) is 5.56 Å². The number of carbonyl (C=O) groups is 1. The van der Waals surface area contributed by atoms with Crippen molar-refractivity contribution in [1.82, 2.24) is 5.32 Å². The van der Waals surface area contributed by atoms with Crippen molar-refractivity contribution in [2.45, 2.75) is 18.4 Å². The van der Waals surface area contributed by atoms with Crippen molar-refractivity contribution in [2.24, 2.45) is 0 Å². The molecule has 0 aliphatic carbocycles. The predicted molar refractivity (Wildman–Crippen MR) is 57.6 cm³/mol. The fourth-order valence-electron chi connectivity index (χ4n) is 2.07. The first-order chi connectivity index (χ1) is 7.70. The molecule has 2 unspecified atom stereocenters. The lowest BCUT2D eigenvalue weighted by molar-refractivity contribution is -0.142. The molecule has 16 heavy (non-hydrogen) atoms. The summed E-state index contributed by atoms with van der Waals surface area (Å²) < 4.78 is 17.7. The van der Waals surface area contributed by atoms with Crippen LogP contribution in [-0.4, -0.2) is 25.7 Å². The summed E-state index contributed by atoms with van der Waals surface area (Å²) in [6.07, 6.45) is 0.663. The summed E-state index contributed by atoms with van der Waals surface area (Å²) in [5, 5.41) is 3.08. The van der Waals surface area contributed by atoms with Crippen molar-refractivity contribution in [2.75, 3.05) is 13.7 Å². The van der Waals surface area contributed by atoms with Crippen LogP contribution in [0.5, 0.6) is 0 Å². The number of ether oxygens (including phenoxy) is 1. The van der Waals surface area contributed by atoms with E-state index in [-0.39, 0.29) is 23.7 Å². The number of methoxy groups -OCH3 is 1. The predicted octanol–water partition coefficient (Wildman–Crippen LogP) is 1.44. The highest BCUT2D eigenvalue weighted by molar-refractivity contribution is 5.76. The highest BCUT2D eigenvalue weighted by Gasteiger charge is 2.30. The maximum Gasteiger partial charge on any atom is 0.322 e. The van der Waals surface area contributed by atoms with Crippen LogP contribution in [-0.2, 0) is 9.53 Å². The van der Waals surface area contributed by atoms with Crippen molar-refractivity contribution in [3.8, 4) is 0 Å². The second kappa shape index (κ2) is 4.61. The van der Waals surface area contributed by atoms with Gasteiger partial charge in [-0.05, 0) is 30.0 Å². The van der Waals surface area contributed by atoms with E-state index in [1.165, 1.54) is 19.2 Å². The molecule has 4 heteroatoms. The molecule has 1 fully saturated rings. The van der Waals surface area contributed by atoms with Crippen LogP contribution in [0.25, 0.3) is 0 Å². The van der Waals surface area contributed by atoms with Gasteiger partial charge in [-0.25, -0.2) is 4.39 Å². The molecule has 0 aromatic heterocycles. The second-order valence-corrected chi connectivity index (χ2v) is 3.97. The Morgan fingerprint density at radius 1 is 1.56 bits per heavy atom. The van der Waals surface area contributed by atoms with Crippen LogP contribution in [0.3, 0.4) is 0 Å². The molecular weight excluding hydrogens is 209 g/mol. The van der Waals surface area contributed by atoms with Crippen LogP contribution in [0.15, 0.2) is 24.3 Å². The smallest absolute Gasteiger partial charge is 0.322 e. The van der Waals surface area contributed by atoms with Gasteiger partial charge >= 0.3 is 5.97 Å². The minimum Gasteiger partial charge on any atom is -0.468 e. The van der Waals surface area contributed by atoms with Gasteiger partial charge in [0.2, 0.25) is 0 Å². The van der Waals surface area contributed by atoms with Gasteiger partial charge in [-0.1, -0.05) is 12.1 Å². The molecule has 0 bridgehead atoms. The molecule has 1 aliphatic rings. The number of esters is 1. The van der Waals surface area contributed by atoms with Gasteiger partial charge in [0, 0.05) is 6.54 Å². The Hall–Kier alpha value is -1.42. The summed E-state index contributed by atoms with van der Waals surface area (Å²) >= 11 is 0. The third-order valence-corrected chi connectivity index (χ3v) is 2.94. The Bertz CT molecular complexity index is 394. The van der Waals surface area contributed by atoms with E-state index >= 15 is 0 Å². The fraction of sp³-hybridized carbons (Fsp3) is 0.417. The molecular formula is C12H14FNO2. The van der Waals surface area contributed by atoms with Gasteiger partial charge in [-0.2, -0.15) is 0 Å². The maximum absolute atomic E-state index is 13.0. The number of nitrogens with one attached hydrogen (secondary N) is 1. The van der Waals surface area contributed by atoms with Gasteiger partial charge in [0.1, 0.15) is 11.9 Å². The lowest BCUT2D eigenvalue weighted by atomic mass is 9.96. The first-order valence-corrected chi connectivity index (χ1v) is 5.27. The Balaban J connectivity index is 2.06. The molecule has 0 amide bonds. The SMILES string of the molecule is COC(=O)C1CC(c2cccc(F)c2)CN1. The van der Waals surface area contributed by atoms with E-state index in [2.05, 4.69) is 10.1 Å². The molecule has 1 aliphatic heterocycles. The Morgan fingerprint density at radius 2 is 2.38 bits per heavy atom. The van der Waals surface area contributed by atoms with Crippen LogP contribution in [0, 0.1) is 5.82 Å². The maximum atomic E-state index is 13.0. The quantitative estimate of drug-likeness (QED) is 0.771. The van der Waals surface area contributed by atoms with E-state index in [1.54, 1.807) is 6.07 Å². The summed E-state index contributed by atoms with van der Waals surface area (Å²) in [5.74, 6) is -0.308. The van der Waals surface area contributed by atoms with E-state index in [9.17, 15) is 9.18 Å². The van der Waals surface area contributed by atoms with Crippen LogP contribution in [0.4, 0.5) is 4.39 Å². The minimum absolute atomic E-state index is 0.180. The Kier molecular flexibility index (Phi) is 3.19. The molecule has 86 valence electrons. The molecule has 1 heterocycles. The lowest BCUT2D eigenvalue weighted by Crippen LogP contribution is -2.31. The normalized spacial score (nSPS) is 24.4. The average Bonchev–Trinajstić information content (AvgIpc) is 2.77. The molecule has 1 aromatic carbocycles. The third kappa shape index (κ3) is 2.22. The highest BCUT2D eigenvalue weighted by atomic mass is 19.1. The number of halogens is 1. The number of carbonyl (C=O) groups excluding carboxylic acids is 1. The zero-order valence-corrected chi connectivity index (χ0v) is 9.07. The molecule has 1 N–H and O–H groups in total. The van der Waals surface area contributed by atoms with Crippen molar-refractivity contribution in [3.05, 3.63) is 35.6 Å². The molecule has 1 aromatic rings. The zero-order chi connectivity index (χ0) is 11.5. The lowest BCUT2D eigenvalue weighted by Gasteiger charge is -2.09. The monoisotopic (exact) mass is 223 g/mol. The fourth-order valence-corrected chi connectivity index (χ4v) is 2.07. The number of rotatable bonds is 2. The first kappa shape index (κ1) is 11.1. The number of hydrogen-bond donors (Lipinski definition) is 1. The van der Waals surface area contributed by atoms with Crippen LogP contribution in [0.2, 0.25) is 0 Å². The van der Waals surface area contributed by atoms with E-state index in [0.29, 0.717) is 13.0 Å². The van der Waals surface area contributed by atoms with Gasteiger partial charge in [-0.15, -0.1) is 0 Å². The van der Waals surface area contributed by atoms with Crippen LogP contribution < -0.4 is 5.32 Å². The molecule has 0 saturated carbocycles. The molecule has 1 saturated heterocycles. The summed E-state index contributed by atoms with van der Waals surface area (Å²) in [6, 6.07) is 6.25. The number of benzene rings is 1. The summed E-state index contributed by atoms with van der Waals surface area (Å²) in [5.41, 5.74) is 0.930. The van der Waals surface area contributed by atoms with Gasteiger partial charge in [0.25, 0.3) is 0 Å². The average molecular weight is 223 g/mol. The van der Waals surface area contributed by atoms with Gasteiger partial charge in [0.05, 0.1) is 7.11 Å². The zero-order valence-electron chi connectivity index (χ0n) is 9.07. The second-order valence-electron chi connectivity index (χ2n) is 3.97. The largest absolute Gasteiger partial charge is 0.468 e. The van der Waals surface area contributed by atoms with Gasteiger partial charge < -0.3 is 10.1 Å². The topological polar surface area (TPSA) is 38.3 Å². The molecule has 2 atom stereocenters. The summed E-state index contributed by atoms with van der Waals surface area (Å²) in [6.45, 7) is 0.684.